The molecule has 0 N–H and O–H groups in total. The summed E-state index contributed by atoms with van der Waals surface area (Å²) in [5, 5.41) is 1.18. The van der Waals surface area contributed by atoms with Gasteiger partial charge in [-0.1, -0.05) is 18.2 Å². The van der Waals surface area contributed by atoms with Crippen molar-refractivity contribution in [2.45, 2.75) is 6.42 Å². The Bertz CT molecular complexity index is 970. The van der Waals surface area contributed by atoms with E-state index in [2.05, 4.69) is 18.2 Å². The van der Waals surface area contributed by atoms with Crippen LogP contribution >= 0.6 is 11.3 Å². The summed E-state index contributed by atoms with van der Waals surface area (Å²) in [4.78, 5) is 18.3. The van der Waals surface area contributed by atoms with E-state index < -0.39 is 0 Å². The molecule has 112 valence electrons. The number of ketones is 1. The Morgan fingerprint density at radius 1 is 1.04 bits per heavy atom. The summed E-state index contributed by atoms with van der Waals surface area (Å²) in [5.74, 6) is 1.34. The number of hydrogen-bond acceptors (Lipinski definition) is 5. The lowest BCUT2D eigenvalue weighted by Crippen LogP contribution is -2.13. The third-order valence-electron chi connectivity index (χ3n) is 4.08. The molecule has 0 radical (unpaired) electrons. The Labute approximate surface area is 136 Å². The average Bonchev–Trinajstić information content (AvgIpc) is 3.19. The first-order chi connectivity index (χ1) is 11.3. The van der Waals surface area contributed by atoms with Crippen molar-refractivity contribution in [2.24, 2.45) is 4.99 Å². The molecule has 4 nitrogen and oxygen atoms in total. The lowest BCUT2D eigenvalue weighted by Gasteiger charge is -2.14. The molecule has 0 aliphatic carbocycles. The molecule has 0 unspecified atom stereocenters. The molecule has 1 aromatic heterocycles. The van der Waals surface area contributed by atoms with Crippen molar-refractivity contribution < 1.29 is 14.3 Å². The average molecular weight is 321 g/mol. The first-order valence-electron chi connectivity index (χ1n) is 7.31. The van der Waals surface area contributed by atoms with Crippen LogP contribution in [0.3, 0.4) is 0 Å². The van der Waals surface area contributed by atoms with E-state index in [1.165, 1.54) is 10.1 Å². The van der Waals surface area contributed by atoms with E-state index in [1.807, 2.05) is 12.1 Å². The molecule has 0 fully saturated rings. The Balaban J connectivity index is 1.66. The summed E-state index contributed by atoms with van der Waals surface area (Å²) in [7, 11) is 0. The highest BCUT2D eigenvalue weighted by atomic mass is 32.1. The quantitative estimate of drug-likeness (QED) is 0.670. The third-order valence-corrected chi connectivity index (χ3v) is 5.25. The number of nitrogens with zero attached hydrogens (tertiary/aromatic N) is 1. The molecule has 2 aliphatic rings. The predicted octanol–water partition coefficient (Wildman–Crippen LogP) is 4.34. The van der Waals surface area contributed by atoms with Gasteiger partial charge in [-0.25, -0.2) is 0 Å². The number of hydrogen-bond donors (Lipinski definition) is 0. The SMILES string of the molecule is O=C1CC(c2cc3ccccc3s2)=Nc2cc3c(cc21)OCO3. The maximum Gasteiger partial charge on any atom is 0.231 e. The van der Waals surface area contributed by atoms with Crippen LogP contribution in [-0.4, -0.2) is 18.3 Å². The maximum atomic E-state index is 12.5. The van der Waals surface area contributed by atoms with Crippen LogP contribution in [0.25, 0.3) is 10.1 Å². The van der Waals surface area contributed by atoms with Gasteiger partial charge in [-0.15, -0.1) is 11.3 Å². The monoisotopic (exact) mass is 321 g/mol. The number of Topliss-reactive ketones (excluding diaryl/α,β-unsaturated/α-hetero) is 1. The standard InChI is InChI=1S/C18H11NO3S/c20-14-7-13(18-5-10-3-1-2-4-17(10)23-18)19-12-8-16-15(6-11(12)14)21-9-22-16/h1-6,8H,7,9H2. The molecule has 2 aromatic carbocycles. The van der Waals surface area contributed by atoms with Crippen molar-refractivity contribution in [1.29, 1.82) is 0 Å². The number of rotatable bonds is 1. The van der Waals surface area contributed by atoms with E-state index >= 15 is 0 Å². The molecule has 2 aliphatic heterocycles. The zero-order chi connectivity index (χ0) is 15.4. The van der Waals surface area contributed by atoms with Crippen LogP contribution in [0.4, 0.5) is 5.69 Å². The van der Waals surface area contributed by atoms with E-state index in [0.29, 0.717) is 29.2 Å². The first-order valence-corrected chi connectivity index (χ1v) is 8.13. The van der Waals surface area contributed by atoms with E-state index in [1.54, 1.807) is 23.5 Å². The molecule has 0 bridgehead atoms. The van der Waals surface area contributed by atoms with Crippen molar-refractivity contribution in [3.63, 3.8) is 0 Å². The van der Waals surface area contributed by atoms with Gasteiger partial charge in [-0.2, -0.15) is 0 Å². The third kappa shape index (κ3) is 1.97. The summed E-state index contributed by atoms with van der Waals surface area (Å²) >= 11 is 1.67. The number of benzene rings is 2. The fourth-order valence-corrected chi connectivity index (χ4v) is 4.00. The Morgan fingerprint density at radius 2 is 1.87 bits per heavy atom. The number of carbonyl (C=O) groups is 1. The summed E-state index contributed by atoms with van der Waals surface area (Å²) < 4.78 is 11.9. The van der Waals surface area contributed by atoms with Gasteiger partial charge < -0.3 is 9.47 Å². The fourth-order valence-electron chi connectivity index (χ4n) is 2.95. The molecule has 0 saturated heterocycles. The minimum atomic E-state index is 0.0701. The number of ether oxygens (including phenoxy) is 2. The lowest BCUT2D eigenvalue weighted by atomic mass is 9.98. The summed E-state index contributed by atoms with van der Waals surface area (Å²) in [6.45, 7) is 0.194. The molecule has 0 saturated carbocycles. The van der Waals surface area contributed by atoms with Crippen molar-refractivity contribution in [3.05, 3.63) is 52.9 Å². The number of carbonyl (C=O) groups excluding carboxylic acids is 1. The molecule has 3 aromatic rings. The van der Waals surface area contributed by atoms with Gasteiger partial charge in [0.1, 0.15) is 0 Å². The van der Waals surface area contributed by atoms with Gasteiger partial charge in [0.2, 0.25) is 6.79 Å². The second kappa shape index (κ2) is 4.67. The lowest BCUT2D eigenvalue weighted by molar-refractivity contribution is 0.0999. The summed E-state index contributed by atoms with van der Waals surface area (Å²) in [6, 6.07) is 13.8. The van der Waals surface area contributed by atoms with Crippen LogP contribution in [0.15, 0.2) is 47.5 Å². The minimum absolute atomic E-state index is 0.0701. The highest BCUT2D eigenvalue weighted by molar-refractivity contribution is 7.21. The van der Waals surface area contributed by atoms with Gasteiger partial charge >= 0.3 is 0 Å². The molecule has 0 amide bonds. The van der Waals surface area contributed by atoms with Crippen molar-refractivity contribution in [2.75, 3.05) is 6.79 Å². The number of fused-ring (bicyclic) bond motifs is 3. The van der Waals surface area contributed by atoms with Crippen LogP contribution in [0.2, 0.25) is 0 Å². The van der Waals surface area contributed by atoms with Crippen LogP contribution in [0.5, 0.6) is 11.5 Å². The van der Waals surface area contributed by atoms with Crippen LogP contribution in [-0.2, 0) is 0 Å². The highest BCUT2D eigenvalue weighted by Crippen LogP contribution is 2.41. The van der Waals surface area contributed by atoms with Gasteiger partial charge in [-0.05, 0) is 23.6 Å². The van der Waals surface area contributed by atoms with Gasteiger partial charge in [0.05, 0.1) is 22.7 Å². The Kier molecular flexibility index (Phi) is 2.60. The zero-order valence-electron chi connectivity index (χ0n) is 12.0. The van der Waals surface area contributed by atoms with Crippen LogP contribution < -0.4 is 9.47 Å². The molecule has 3 heterocycles. The normalized spacial score (nSPS) is 15.7. The van der Waals surface area contributed by atoms with Gasteiger partial charge in [0.25, 0.3) is 0 Å². The topological polar surface area (TPSA) is 47.9 Å². The van der Waals surface area contributed by atoms with Gasteiger partial charge in [0.15, 0.2) is 17.3 Å². The van der Waals surface area contributed by atoms with Crippen LogP contribution in [0, 0.1) is 0 Å². The molecular formula is C18H11NO3S. The predicted molar refractivity (Wildman–Crippen MR) is 89.5 cm³/mol. The summed E-state index contributed by atoms with van der Waals surface area (Å²) in [6.07, 6.45) is 0.319. The smallest absolute Gasteiger partial charge is 0.231 e. The van der Waals surface area contributed by atoms with Crippen molar-refractivity contribution in [1.82, 2.24) is 0 Å². The zero-order valence-corrected chi connectivity index (χ0v) is 12.9. The van der Waals surface area contributed by atoms with Crippen molar-refractivity contribution >= 4 is 38.6 Å². The van der Waals surface area contributed by atoms with E-state index in [4.69, 9.17) is 14.5 Å². The van der Waals surface area contributed by atoms with Gasteiger partial charge in [-0.3, -0.25) is 9.79 Å². The molecule has 23 heavy (non-hydrogen) atoms. The molecule has 0 spiro atoms. The largest absolute Gasteiger partial charge is 0.454 e. The van der Waals surface area contributed by atoms with Crippen molar-refractivity contribution in [3.8, 4) is 11.5 Å². The number of thiophene rings is 1. The molecule has 5 heteroatoms. The van der Waals surface area contributed by atoms with Gasteiger partial charge in [0, 0.05) is 16.3 Å². The first kappa shape index (κ1) is 12.8. The molecule has 0 atom stereocenters. The molecule has 5 rings (SSSR count). The molecular weight excluding hydrogens is 310 g/mol. The second-order valence-corrected chi connectivity index (χ2v) is 6.61. The fraction of sp³-hybridized carbons (Fsp3) is 0.111. The van der Waals surface area contributed by atoms with E-state index in [9.17, 15) is 4.79 Å². The second-order valence-electron chi connectivity index (χ2n) is 5.53. The van der Waals surface area contributed by atoms with Crippen LogP contribution in [0.1, 0.15) is 21.7 Å². The number of aliphatic imine (C=N–C) groups is 1. The Hall–Kier alpha value is -2.66. The van der Waals surface area contributed by atoms with E-state index in [-0.39, 0.29) is 12.6 Å². The summed E-state index contributed by atoms with van der Waals surface area (Å²) in [5.41, 5.74) is 2.10. The maximum absolute atomic E-state index is 12.5. The highest BCUT2D eigenvalue weighted by Gasteiger charge is 2.26. The Morgan fingerprint density at radius 3 is 2.74 bits per heavy atom. The minimum Gasteiger partial charge on any atom is -0.454 e. The van der Waals surface area contributed by atoms with E-state index in [0.717, 1.165) is 10.6 Å².